The Bertz CT molecular complexity index is 2170. The summed E-state index contributed by atoms with van der Waals surface area (Å²) in [7, 11) is -2.54. The Morgan fingerprint density at radius 1 is 1.02 bits per heavy atom. The molecule has 6 rings (SSSR count). The number of aromatic nitrogens is 4. The standard InChI is InChI=1S/C34H27ClFN5O4S2/c1-2-30(45-32(47(42)43)17-24-8-3-4-13-37-24)34-41-29(19-46-34)22-9-11-28-26(15-22)33(39-20-38-28)40-25-10-12-31(27(35)16-25)44-18-21-6-5-7-23(36)14-21/h3-16,19-20,30H,2,17-18H2,1H3,(H,38,39,40). The van der Waals surface area contributed by atoms with Gasteiger partial charge >= 0.3 is 0 Å². The highest BCUT2D eigenvalue weighted by molar-refractivity contribution is 7.72. The molecule has 13 heteroatoms. The lowest BCUT2D eigenvalue weighted by Gasteiger charge is -2.13. The molecule has 3 heterocycles. The molecule has 3 aromatic carbocycles. The van der Waals surface area contributed by atoms with Crippen LogP contribution in [-0.4, -0.2) is 33.4 Å². The third-order valence-electron chi connectivity index (χ3n) is 7.09. The summed E-state index contributed by atoms with van der Waals surface area (Å²) < 4.78 is 49.2. The summed E-state index contributed by atoms with van der Waals surface area (Å²) in [5.74, 6) is 0.705. The molecule has 0 spiro atoms. The molecule has 0 aliphatic carbocycles. The fourth-order valence-corrected chi connectivity index (χ4v) is 6.40. The van der Waals surface area contributed by atoms with Crippen LogP contribution in [0.4, 0.5) is 15.9 Å². The number of halogens is 2. The van der Waals surface area contributed by atoms with Gasteiger partial charge in [0.05, 0.1) is 22.7 Å². The van der Waals surface area contributed by atoms with Crippen molar-refractivity contribution in [1.82, 2.24) is 19.9 Å². The normalized spacial score (nSPS) is 11.7. The molecule has 0 saturated carbocycles. The first-order valence-corrected chi connectivity index (χ1v) is 16.9. The first-order chi connectivity index (χ1) is 22.9. The Morgan fingerprint density at radius 3 is 2.68 bits per heavy atom. The van der Waals surface area contributed by atoms with Crippen LogP contribution in [0.15, 0.2) is 96.8 Å². The van der Waals surface area contributed by atoms with E-state index in [4.69, 9.17) is 26.1 Å². The molecule has 0 saturated heterocycles. The van der Waals surface area contributed by atoms with Gasteiger partial charge in [0.2, 0.25) is 10.3 Å². The van der Waals surface area contributed by atoms with E-state index in [1.54, 1.807) is 48.7 Å². The molecule has 0 fully saturated rings. The van der Waals surface area contributed by atoms with Crippen LogP contribution < -0.4 is 10.1 Å². The summed E-state index contributed by atoms with van der Waals surface area (Å²) >= 11 is 7.91. The summed E-state index contributed by atoms with van der Waals surface area (Å²) in [6, 6.07) is 22.6. The Kier molecular flexibility index (Phi) is 10.1. The highest BCUT2D eigenvalue weighted by Gasteiger charge is 2.20. The van der Waals surface area contributed by atoms with Crippen molar-refractivity contribution in [2.75, 3.05) is 5.32 Å². The van der Waals surface area contributed by atoms with E-state index in [0.717, 1.165) is 16.5 Å². The van der Waals surface area contributed by atoms with E-state index < -0.39 is 16.4 Å². The van der Waals surface area contributed by atoms with Crippen molar-refractivity contribution in [2.24, 2.45) is 0 Å². The van der Waals surface area contributed by atoms with Crippen molar-refractivity contribution in [3.05, 3.63) is 124 Å². The van der Waals surface area contributed by atoms with Crippen molar-refractivity contribution in [2.45, 2.75) is 32.5 Å². The van der Waals surface area contributed by atoms with Gasteiger partial charge in [-0.3, -0.25) is 4.98 Å². The van der Waals surface area contributed by atoms with Crippen LogP contribution in [0.25, 0.3) is 22.2 Å². The number of thiazole rings is 1. The van der Waals surface area contributed by atoms with Gasteiger partial charge in [-0.25, -0.2) is 19.3 Å². The highest BCUT2D eigenvalue weighted by Crippen LogP contribution is 2.34. The number of nitrogens with one attached hydrogen (secondary N) is 1. The van der Waals surface area contributed by atoms with Crippen LogP contribution >= 0.6 is 22.9 Å². The van der Waals surface area contributed by atoms with Gasteiger partial charge in [-0.1, -0.05) is 42.8 Å². The molecule has 47 heavy (non-hydrogen) atoms. The topological polar surface area (TPSA) is 116 Å². The maximum atomic E-state index is 13.5. The zero-order valence-corrected chi connectivity index (χ0v) is 27.3. The van der Waals surface area contributed by atoms with Crippen LogP contribution in [0.3, 0.4) is 0 Å². The van der Waals surface area contributed by atoms with Crippen LogP contribution in [-0.2, 0) is 28.1 Å². The molecule has 3 aromatic heterocycles. The summed E-state index contributed by atoms with van der Waals surface area (Å²) in [6.45, 7) is 2.09. The second kappa shape index (κ2) is 14.8. The van der Waals surface area contributed by atoms with Crippen molar-refractivity contribution < 1.29 is 22.3 Å². The molecular formula is C34H27ClFN5O4S2. The molecule has 1 unspecified atom stereocenters. The molecule has 0 amide bonds. The Labute approximate surface area is 280 Å². The second-order valence-electron chi connectivity index (χ2n) is 10.3. The Morgan fingerprint density at radius 2 is 1.91 bits per heavy atom. The van der Waals surface area contributed by atoms with Gasteiger partial charge in [-0.05, 0) is 66.6 Å². The number of fused-ring (bicyclic) bond motifs is 1. The predicted octanol–water partition coefficient (Wildman–Crippen LogP) is 7.98. The SMILES string of the molecule is CCC(OC(Cc1ccccn1)=S(=O)=O)c1nc(-c2ccc3ncnc(Nc4ccc(OCc5cccc(F)c5)c(Cl)c4)c3c2)cs1. The van der Waals surface area contributed by atoms with E-state index in [-0.39, 0.29) is 23.9 Å². The molecule has 6 aromatic rings. The average Bonchev–Trinajstić information content (AvgIpc) is 3.57. The van der Waals surface area contributed by atoms with E-state index in [1.807, 2.05) is 36.6 Å². The van der Waals surface area contributed by atoms with Crippen molar-refractivity contribution >= 4 is 60.7 Å². The second-order valence-corrected chi connectivity index (χ2v) is 12.6. The number of rotatable bonds is 11. The van der Waals surface area contributed by atoms with Crippen LogP contribution in [0, 0.1) is 5.82 Å². The minimum absolute atomic E-state index is 0.0575. The summed E-state index contributed by atoms with van der Waals surface area (Å²) in [4.78, 5) is 17.9. The summed E-state index contributed by atoms with van der Waals surface area (Å²) in [5, 5.41) is 6.94. The maximum absolute atomic E-state index is 13.5. The fraction of sp³-hybridized carbons (Fsp3) is 0.147. The third-order valence-corrected chi connectivity index (χ3v) is 8.93. The number of anilines is 2. The summed E-state index contributed by atoms with van der Waals surface area (Å²) in [6.07, 6.45) is 3.12. The smallest absolute Gasteiger partial charge is 0.241 e. The monoisotopic (exact) mass is 687 g/mol. The molecule has 238 valence electrons. The largest absolute Gasteiger partial charge is 0.487 e. The van der Waals surface area contributed by atoms with Crippen LogP contribution in [0.5, 0.6) is 5.75 Å². The van der Waals surface area contributed by atoms with Gasteiger partial charge < -0.3 is 14.8 Å². The average molecular weight is 688 g/mol. The van der Waals surface area contributed by atoms with Crippen molar-refractivity contribution in [3.63, 3.8) is 0 Å². The van der Waals surface area contributed by atoms with Gasteiger partial charge in [0.1, 0.15) is 41.4 Å². The predicted molar refractivity (Wildman–Crippen MR) is 182 cm³/mol. The lowest BCUT2D eigenvalue weighted by Crippen LogP contribution is -2.15. The van der Waals surface area contributed by atoms with Gasteiger partial charge in [0.15, 0.2) is 5.05 Å². The molecular weight excluding hydrogens is 661 g/mol. The van der Waals surface area contributed by atoms with Gasteiger partial charge in [-0.2, -0.15) is 8.42 Å². The van der Waals surface area contributed by atoms with Crippen molar-refractivity contribution in [1.29, 1.82) is 0 Å². The molecule has 1 atom stereocenters. The van der Waals surface area contributed by atoms with Gasteiger partial charge in [-0.15, -0.1) is 11.3 Å². The number of hydrogen-bond acceptors (Lipinski definition) is 10. The first kappa shape index (κ1) is 32.2. The number of benzene rings is 3. The number of hydrogen-bond donors (Lipinski definition) is 1. The summed E-state index contributed by atoms with van der Waals surface area (Å²) in [5.41, 5.74) is 4.24. The quantitative estimate of drug-likeness (QED) is 0.135. The molecule has 0 bridgehead atoms. The van der Waals surface area contributed by atoms with E-state index >= 15 is 0 Å². The molecule has 0 aliphatic heterocycles. The molecule has 0 aliphatic rings. The first-order valence-electron chi connectivity index (χ1n) is 14.5. The lowest BCUT2D eigenvalue weighted by molar-refractivity contribution is 0.188. The van der Waals surface area contributed by atoms with Crippen LogP contribution in [0.1, 0.15) is 35.7 Å². The number of ether oxygens (including phenoxy) is 2. The van der Waals surface area contributed by atoms with E-state index in [0.29, 0.717) is 50.7 Å². The minimum atomic E-state index is -2.54. The van der Waals surface area contributed by atoms with Gasteiger partial charge in [0.25, 0.3) is 0 Å². The minimum Gasteiger partial charge on any atom is -0.487 e. The fourth-order valence-electron chi connectivity index (χ4n) is 4.76. The molecule has 9 nitrogen and oxygen atoms in total. The maximum Gasteiger partial charge on any atom is 0.241 e. The van der Waals surface area contributed by atoms with Gasteiger partial charge in [0, 0.05) is 33.9 Å². The molecule has 1 N–H and O–H groups in total. The Balaban J connectivity index is 1.19. The Hall–Kier alpha value is -4.75. The zero-order chi connectivity index (χ0) is 32.8. The number of pyridine rings is 1. The lowest BCUT2D eigenvalue weighted by atomic mass is 10.1. The number of nitrogens with zero attached hydrogens (tertiary/aromatic N) is 4. The van der Waals surface area contributed by atoms with E-state index in [1.165, 1.54) is 29.8 Å². The highest BCUT2D eigenvalue weighted by atomic mass is 35.5. The van der Waals surface area contributed by atoms with E-state index in [9.17, 15) is 12.8 Å². The van der Waals surface area contributed by atoms with Crippen molar-refractivity contribution in [3.8, 4) is 17.0 Å². The molecule has 0 radical (unpaired) electrons. The zero-order valence-electron chi connectivity index (χ0n) is 24.9. The third kappa shape index (κ3) is 7.98. The van der Waals surface area contributed by atoms with Crippen LogP contribution in [0.2, 0.25) is 5.02 Å². The van der Waals surface area contributed by atoms with E-state index in [2.05, 4.69) is 20.3 Å².